The van der Waals surface area contributed by atoms with Crippen LogP contribution in [0.5, 0.6) is 11.5 Å². The fourth-order valence-electron chi connectivity index (χ4n) is 3.06. The van der Waals surface area contributed by atoms with E-state index >= 15 is 0 Å². The maximum absolute atomic E-state index is 5.69. The second kappa shape index (κ2) is 5.83. The molecule has 0 bridgehead atoms. The Morgan fingerprint density at radius 1 is 1.22 bits per heavy atom. The summed E-state index contributed by atoms with van der Waals surface area (Å²) in [6.45, 7) is 2.16. The molecule has 1 atom stereocenters. The van der Waals surface area contributed by atoms with Gasteiger partial charge in [-0.25, -0.2) is 4.98 Å². The quantitative estimate of drug-likeness (QED) is 0.894. The van der Waals surface area contributed by atoms with E-state index < -0.39 is 0 Å². The highest BCUT2D eigenvalue weighted by Crippen LogP contribution is 2.34. The van der Waals surface area contributed by atoms with E-state index in [1.807, 2.05) is 24.3 Å². The van der Waals surface area contributed by atoms with Crippen LogP contribution in [0.3, 0.4) is 0 Å². The summed E-state index contributed by atoms with van der Waals surface area (Å²) in [5.41, 5.74) is 6.73. The Bertz CT molecular complexity index is 709. The van der Waals surface area contributed by atoms with Gasteiger partial charge in [-0.3, -0.25) is 0 Å². The predicted octanol–water partition coefficient (Wildman–Crippen LogP) is 1.87. The standard InChI is InChI=1S/C16H19N5O2/c17-16-18-6-5-15(20-16)21-7-1-2-12(9-21)19-11-3-4-13-14(8-11)23-10-22-13/h3-6,8,12,19H,1-2,7,9-10H2,(H2,17,18,20)/t12-/m0/s1. The lowest BCUT2D eigenvalue weighted by Gasteiger charge is -2.34. The van der Waals surface area contributed by atoms with Crippen LogP contribution in [0.15, 0.2) is 30.5 Å². The van der Waals surface area contributed by atoms with Crippen molar-refractivity contribution in [2.24, 2.45) is 0 Å². The summed E-state index contributed by atoms with van der Waals surface area (Å²) in [5, 5.41) is 3.57. The third kappa shape index (κ3) is 2.94. The summed E-state index contributed by atoms with van der Waals surface area (Å²) in [6, 6.07) is 8.20. The van der Waals surface area contributed by atoms with Crippen LogP contribution in [0.4, 0.5) is 17.5 Å². The fraction of sp³-hybridized carbons (Fsp3) is 0.375. The normalized spacial score (nSPS) is 19.7. The molecule has 2 aliphatic heterocycles. The van der Waals surface area contributed by atoms with Gasteiger partial charge in [-0.15, -0.1) is 0 Å². The average Bonchev–Trinajstić information content (AvgIpc) is 3.03. The smallest absolute Gasteiger partial charge is 0.231 e. The SMILES string of the molecule is Nc1nccc(N2CCC[C@H](Nc3ccc4c(c3)OCO4)C2)n1. The lowest BCUT2D eigenvalue weighted by molar-refractivity contribution is 0.174. The van der Waals surface area contributed by atoms with E-state index in [1.54, 1.807) is 6.20 Å². The van der Waals surface area contributed by atoms with Crippen molar-refractivity contribution < 1.29 is 9.47 Å². The first kappa shape index (κ1) is 13.9. The van der Waals surface area contributed by atoms with Crippen LogP contribution in [0.1, 0.15) is 12.8 Å². The molecule has 1 saturated heterocycles. The molecular weight excluding hydrogens is 294 g/mol. The molecule has 23 heavy (non-hydrogen) atoms. The Morgan fingerprint density at radius 2 is 2.13 bits per heavy atom. The molecule has 3 N–H and O–H groups in total. The molecule has 1 aromatic heterocycles. The van der Waals surface area contributed by atoms with E-state index in [2.05, 4.69) is 20.2 Å². The van der Waals surface area contributed by atoms with E-state index in [1.165, 1.54) is 0 Å². The number of nitrogens with two attached hydrogens (primary N) is 1. The molecule has 1 aromatic carbocycles. The monoisotopic (exact) mass is 313 g/mol. The summed E-state index contributed by atoms with van der Waals surface area (Å²) in [7, 11) is 0. The molecule has 7 heteroatoms. The summed E-state index contributed by atoms with van der Waals surface area (Å²) < 4.78 is 10.8. The molecule has 0 unspecified atom stereocenters. The van der Waals surface area contributed by atoms with Gasteiger partial charge < -0.3 is 25.4 Å². The maximum Gasteiger partial charge on any atom is 0.231 e. The van der Waals surface area contributed by atoms with E-state index in [9.17, 15) is 0 Å². The zero-order valence-electron chi connectivity index (χ0n) is 12.7. The van der Waals surface area contributed by atoms with Crippen molar-refractivity contribution in [1.29, 1.82) is 0 Å². The van der Waals surface area contributed by atoms with Gasteiger partial charge >= 0.3 is 0 Å². The van der Waals surface area contributed by atoms with E-state index in [0.29, 0.717) is 18.8 Å². The Labute approximate surface area is 134 Å². The number of aromatic nitrogens is 2. The Balaban J connectivity index is 1.45. The third-order valence-electron chi connectivity index (χ3n) is 4.15. The van der Waals surface area contributed by atoms with Gasteiger partial charge in [0.05, 0.1) is 0 Å². The van der Waals surface area contributed by atoms with E-state index in [0.717, 1.165) is 48.9 Å². The van der Waals surface area contributed by atoms with Gasteiger partial charge in [0.15, 0.2) is 11.5 Å². The van der Waals surface area contributed by atoms with Gasteiger partial charge in [0.25, 0.3) is 0 Å². The van der Waals surface area contributed by atoms with Crippen molar-refractivity contribution in [2.45, 2.75) is 18.9 Å². The minimum atomic E-state index is 0.297. The van der Waals surface area contributed by atoms with Gasteiger partial charge in [-0.05, 0) is 31.0 Å². The molecule has 4 rings (SSSR count). The number of anilines is 3. The highest BCUT2D eigenvalue weighted by atomic mass is 16.7. The number of nitrogens with one attached hydrogen (secondary N) is 1. The number of piperidine rings is 1. The first-order valence-corrected chi connectivity index (χ1v) is 7.77. The number of nitrogens with zero attached hydrogens (tertiary/aromatic N) is 3. The van der Waals surface area contributed by atoms with Crippen molar-refractivity contribution >= 4 is 17.5 Å². The van der Waals surface area contributed by atoms with Gasteiger partial charge in [0, 0.05) is 37.1 Å². The summed E-state index contributed by atoms with van der Waals surface area (Å²) in [5.74, 6) is 2.80. The number of nitrogen functional groups attached to an aromatic ring is 1. The second-order valence-electron chi connectivity index (χ2n) is 5.77. The first-order valence-electron chi connectivity index (χ1n) is 7.77. The Kier molecular flexibility index (Phi) is 3.53. The molecular formula is C16H19N5O2. The molecule has 3 heterocycles. The lowest BCUT2D eigenvalue weighted by atomic mass is 10.1. The van der Waals surface area contributed by atoms with Gasteiger partial charge in [-0.2, -0.15) is 4.98 Å². The van der Waals surface area contributed by atoms with E-state index in [4.69, 9.17) is 15.2 Å². The van der Waals surface area contributed by atoms with Crippen LogP contribution in [0, 0.1) is 0 Å². The summed E-state index contributed by atoms with van der Waals surface area (Å²) in [6.07, 6.45) is 3.92. The van der Waals surface area contributed by atoms with Crippen molar-refractivity contribution in [1.82, 2.24) is 9.97 Å². The molecule has 0 spiro atoms. The number of fused-ring (bicyclic) bond motifs is 1. The van der Waals surface area contributed by atoms with Crippen LogP contribution in [-0.4, -0.2) is 35.9 Å². The Morgan fingerprint density at radius 3 is 3.04 bits per heavy atom. The lowest BCUT2D eigenvalue weighted by Crippen LogP contribution is -2.42. The van der Waals surface area contributed by atoms with Crippen LogP contribution >= 0.6 is 0 Å². The average molecular weight is 313 g/mol. The highest BCUT2D eigenvalue weighted by Gasteiger charge is 2.22. The van der Waals surface area contributed by atoms with Crippen LogP contribution in [-0.2, 0) is 0 Å². The number of hydrogen-bond donors (Lipinski definition) is 2. The van der Waals surface area contributed by atoms with Crippen molar-refractivity contribution in [3.63, 3.8) is 0 Å². The first-order chi connectivity index (χ1) is 11.3. The van der Waals surface area contributed by atoms with Crippen LogP contribution < -0.4 is 25.4 Å². The predicted molar refractivity (Wildman–Crippen MR) is 87.9 cm³/mol. The zero-order chi connectivity index (χ0) is 15.6. The van der Waals surface area contributed by atoms with Crippen molar-refractivity contribution in [3.05, 3.63) is 30.5 Å². The fourth-order valence-corrected chi connectivity index (χ4v) is 3.06. The van der Waals surface area contributed by atoms with Crippen molar-refractivity contribution in [3.8, 4) is 11.5 Å². The minimum Gasteiger partial charge on any atom is -0.454 e. The highest BCUT2D eigenvalue weighted by molar-refractivity contribution is 5.56. The second-order valence-corrected chi connectivity index (χ2v) is 5.77. The molecule has 2 aromatic rings. The number of hydrogen-bond acceptors (Lipinski definition) is 7. The van der Waals surface area contributed by atoms with Crippen LogP contribution in [0.2, 0.25) is 0 Å². The van der Waals surface area contributed by atoms with Crippen LogP contribution in [0.25, 0.3) is 0 Å². The molecule has 7 nitrogen and oxygen atoms in total. The summed E-state index contributed by atoms with van der Waals surface area (Å²) in [4.78, 5) is 10.5. The molecule has 0 saturated carbocycles. The number of rotatable bonds is 3. The molecule has 1 fully saturated rings. The number of ether oxygens (including phenoxy) is 2. The molecule has 2 aliphatic rings. The van der Waals surface area contributed by atoms with Gasteiger partial charge in [-0.1, -0.05) is 0 Å². The summed E-state index contributed by atoms with van der Waals surface area (Å²) >= 11 is 0. The number of benzene rings is 1. The molecule has 0 amide bonds. The van der Waals surface area contributed by atoms with Gasteiger partial charge in [0.2, 0.25) is 12.7 Å². The third-order valence-corrected chi connectivity index (χ3v) is 4.15. The van der Waals surface area contributed by atoms with Crippen molar-refractivity contribution in [2.75, 3.05) is 35.8 Å². The van der Waals surface area contributed by atoms with E-state index in [-0.39, 0.29) is 0 Å². The topological polar surface area (TPSA) is 85.5 Å². The minimum absolute atomic E-state index is 0.297. The maximum atomic E-state index is 5.69. The largest absolute Gasteiger partial charge is 0.454 e. The van der Waals surface area contributed by atoms with Gasteiger partial charge in [0.1, 0.15) is 5.82 Å². The Hall–Kier alpha value is -2.70. The zero-order valence-corrected chi connectivity index (χ0v) is 12.7. The molecule has 0 radical (unpaired) electrons. The molecule has 120 valence electrons. The molecule has 0 aliphatic carbocycles.